The van der Waals surface area contributed by atoms with Crippen LogP contribution < -0.4 is 0 Å². The van der Waals surface area contributed by atoms with E-state index in [0.29, 0.717) is 0 Å². The second-order valence-corrected chi connectivity index (χ2v) is 5.99. The van der Waals surface area contributed by atoms with Gasteiger partial charge in [0.2, 0.25) is 0 Å². The number of alkyl halides is 5. The van der Waals surface area contributed by atoms with E-state index in [9.17, 15) is 26.3 Å². The molecule has 1 aliphatic heterocycles. The molecule has 1 heterocycles. The molecular weight excluding hydrogens is 323 g/mol. The van der Waals surface area contributed by atoms with Crippen LogP contribution in [-0.2, 0) is 0 Å². The Morgan fingerprint density at radius 3 is 1.74 bits per heavy atom. The van der Waals surface area contributed by atoms with Crippen molar-refractivity contribution in [3.05, 3.63) is 0 Å². The van der Waals surface area contributed by atoms with Gasteiger partial charge in [-0.15, -0.1) is 0 Å². The fraction of sp³-hybridized carbons (Fsp3) is 0.846. The van der Waals surface area contributed by atoms with Gasteiger partial charge in [-0.3, -0.25) is 0 Å². The third kappa shape index (κ3) is 5.31. The highest BCUT2D eigenvalue weighted by molar-refractivity contribution is 6.89. The second kappa shape index (κ2) is 7.91. The first kappa shape index (κ1) is 21.6. The normalized spacial score (nSPS) is 17.7. The molecule has 0 atom stereocenters. The fourth-order valence-electron chi connectivity index (χ4n) is 2.28. The summed E-state index contributed by atoms with van der Waals surface area (Å²) in [6.07, 6.45) is -6.13. The van der Waals surface area contributed by atoms with Crippen LogP contribution >= 0.6 is 0 Å². The SMILES string of the molecule is CCCC[N+]1(C)CCCC1.N#C[B-](F)(C#N)C(F)(F)C(F)(F)F. The van der Waals surface area contributed by atoms with Crippen LogP contribution in [-0.4, -0.2) is 49.6 Å². The number of quaternary nitrogens is 1. The van der Waals surface area contributed by atoms with Gasteiger partial charge in [0.15, 0.2) is 0 Å². The van der Waals surface area contributed by atoms with Crippen molar-refractivity contribution in [2.24, 2.45) is 0 Å². The Bertz CT molecular complexity index is 446. The summed E-state index contributed by atoms with van der Waals surface area (Å²) >= 11 is 0. The van der Waals surface area contributed by atoms with E-state index in [2.05, 4.69) is 14.0 Å². The predicted molar refractivity (Wildman–Crippen MR) is 74.0 cm³/mol. The van der Waals surface area contributed by atoms with Crippen LogP contribution in [0.25, 0.3) is 0 Å². The quantitative estimate of drug-likeness (QED) is 0.443. The molecule has 3 nitrogen and oxygen atoms in total. The lowest BCUT2D eigenvalue weighted by Gasteiger charge is -2.30. The summed E-state index contributed by atoms with van der Waals surface area (Å²) in [6.45, 7) is 6.55. The third-order valence-corrected chi connectivity index (χ3v) is 3.93. The molecule has 1 rings (SSSR count). The summed E-state index contributed by atoms with van der Waals surface area (Å²) < 4.78 is 72.2. The molecule has 0 bridgehead atoms. The van der Waals surface area contributed by atoms with Crippen LogP contribution in [0.3, 0.4) is 0 Å². The van der Waals surface area contributed by atoms with Crippen LogP contribution in [0.1, 0.15) is 32.6 Å². The average Bonchev–Trinajstić information content (AvgIpc) is 2.90. The minimum Gasteiger partial charge on any atom is -0.476 e. The van der Waals surface area contributed by atoms with Crippen molar-refractivity contribution in [1.82, 2.24) is 0 Å². The molecule has 0 radical (unpaired) electrons. The molecule has 0 saturated carbocycles. The summed E-state index contributed by atoms with van der Waals surface area (Å²) in [4.78, 5) is 0. The Labute approximate surface area is 132 Å². The van der Waals surface area contributed by atoms with Crippen LogP contribution in [0.15, 0.2) is 0 Å². The Kier molecular flexibility index (Phi) is 7.43. The topological polar surface area (TPSA) is 47.6 Å². The fourth-order valence-corrected chi connectivity index (χ4v) is 2.28. The van der Waals surface area contributed by atoms with Gasteiger partial charge in [-0.25, -0.2) is 19.3 Å². The minimum absolute atomic E-state index is 0.0397. The molecule has 0 aromatic rings. The van der Waals surface area contributed by atoms with E-state index < -0.39 is 18.4 Å². The molecule has 10 heteroatoms. The maximum atomic E-state index is 12.4. The van der Waals surface area contributed by atoms with E-state index in [-0.39, 0.29) is 11.9 Å². The number of hydrogen-bond acceptors (Lipinski definition) is 2. The molecule has 132 valence electrons. The predicted octanol–water partition coefficient (Wildman–Crippen LogP) is 3.79. The van der Waals surface area contributed by atoms with Gasteiger partial charge in [0, 0.05) is 12.8 Å². The zero-order chi connectivity index (χ0) is 18.4. The smallest absolute Gasteiger partial charge is 0.422 e. The Hall–Kier alpha value is -1.42. The first-order chi connectivity index (χ1) is 10.4. The first-order valence-corrected chi connectivity index (χ1v) is 7.33. The molecular formula is C13H20BF6N3. The van der Waals surface area contributed by atoms with Crippen LogP contribution in [0.2, 0.25) is 0 Å². The lowest BCUT2D eigenvalue weighted by molar-refractivity contribution is -0.897. The number of halogens is 6. The summed E-state index contributed by atoms with van der Waals surface area (Å²) in [7, 11) is 2.41. The van der Waals surface area contributed by atoms with Crippen molar-refractivity contribution in [3.63, 3.8) is 0 Å². The van der Waals surface area contributed by atoms with Crippen molar-refractivity contribution in [1.29, 1.82) is 10.5 Å². The molecule has 0 unspecified atom stereocenters. The van der Waals surface area contributed by atoms with Gasteiger partial charge in [0.05, 0.1) is 26.7 Å². The number of hydrogen-bond donors (Lipinski definition) is 0. The Morgan fingerprint density at radius 1 is 1.04 bits per heavy atom. The molecule has 1 fully saturated rings. The molecule has 0 amide bonds. The van der Waals surface area contributed by atoms with Crippen LogP contribution in [0.5, 0.6) is 0 Å². The van der Waals surface area contributed by atoms with Crippen molar-refractivity contribution < 1.29 is 30.8 Å². The van der Waals surface area contributed by atoms with Crippen LogP contribution in [0, 0.1) is 22.5 Å². The maximum Gasteiger partial charge on any atom is 0.422 e. The van der Waals surface area contributed by atoms with E-state index in [1.54, 1.807) is 0 Å². The second-order valence-electron chi connectivity index (χ2n) is 5.99. The van der Waals surface area contributed by atoms with Crippen molar-refractivity contribution in [3.8, 4) is 11.9 Å². The molecule has 0 aromatic carbocycles. The lowest BCUT2D eigenvalue weighted by Crippen LogP contribution is -2.57. The van der Waals surface area contributed by atoms with Crippen molar-refractivity contribution >= 4 is 6.42 Å². The zero-order valence-electron chi connectivity index (χ0n) is 13.1. The molecule has 0 spiro atoms. The standard InChI is InChI=1S/C9H20N.C4BF6N2/c1-3-4-7-10(2)8-5-6-9-10;6-3(7,4(8,9)10)5(11,1-12)2-13/h3-9H2,1-2H3;/q+1;-1. The van der Waals surface area contributed by atoms with E-state index in [1.165, 1.54) is 49.8 Å². The molecule has 0 aliphatic carbocycles. The number of rotatable bonds is 4. The Balaban J connectivity index is 0.000000433. The zero-order valence-corrected chi connectivity index (χ0v) is 13.1. The minimum atomic E-state index is -6.24. The maximum absolute atomic E-state index is 12.4. The number of unbranched alkanes of at least 4 members (excludes halogenated alkanes) is 1. The largest absolute Gasteiger partial charge is 0.476 e. The number of nitriles is 2. The van der Waals surface area contributed by atoms with E-state index in [4.69, 9.17) is 10.5 Å². The highest BCUT2D eigenvalue weighted by Gasteiger charge is 2.67. The summed E-state index contributed by atoms with van der Waals surface area (Å²) in [5.74, 6) is -5.85. The molecule has 0 aromatic heterocycles. The van der Waals surface area contributed by atoms with Gasteiger partial charge in [0.25, 0.3) is 5.82 Å². The highest BCUT2D eigenvalue weighted by atomic mass is 19.4. The van der Waals surface area contributed by atoms with E-state index in [0.717, 1.165) is 0 Å². The Morgan fingerprint density at radius 2 is 1.48 bits per heavy atom. The number of nitrogens with zero attached hydrogens (tertiary/aromatic N) is 3. The average molecular weight is 343 g/mol. The molecule has 0 N–H and O–H groups in total. The van der Waals surface area contributed by atoms with Gasteiger partial charge >= 0.3 is 12.6 Å². The molecule has 1 saturated heterocycles. The summed E-state index contributed by atoms with van der Waals surface area (Å²) in [5, 5.41) is 15.4. The van der Waals surface area contributed by atoms with E-state index >= 15 is 0 Å². The van der Waals surface area contributed by atoms with Gasteiger partial charge in [-0.1, -0.05) is 25.3 Å². The number of likely N-dealkylation sites (tertiary alicyclic amines) is 1. The van der Waals surface area contributed by atoms with Crippen molar-refractivity contribution in [2.75, 3.05) is 26.7 Å². The van der Waals surface area contributed by atoms with Gasteiger partial charge in [-0.05, 0) is 6.42 Å². The van der Waals surface area contributed by atoms with Gasteiger partial charge < -0.3 is 8.80 Å². The third-order valence-electron chi connectivity index (χ3n) is 3.93. The monoisotopic (exact) mass is 343 g/mol. The molecule has 1 aliphatic rings. The van der Waals surface area contributed by atoms with Gasteiger partial charge in [0.1, 0.15) is 0 Å². The van der Waals surface area contributed by atoms with Crippen molar-refractivity contribution in [2.45, 2.75) is 44.6 Å². The lowest BCUT2D eigenvalue weighted by atomic mass is 9.41. The van der Waals surface area contributed by atoms with Gasteiger partial charge in [-0.2, -0.15) is 13.2 Å². The first-order valence-electron chi connectivity index (χ1n) is 7.33. The summed E-state index contributed by atoms with van der Waals surface area (Å²) in [6, 6.07) is 0. The van der Waals surface area contributed by atoms with Crippen LogP contribution in [0.4, 0.5) is 26.3 Å². The highest BCUT2D eigenvalue weighted by Crippen LogP contribution is 2.42. The molecule has 23 heavy (non-hydrogen) atoms. The van der Waals surface area contributed by atoms with E-state index in [1.807, 2.05) is 0 Å². The summed E-state index contributed by atoms with van der Waals surface area (Å²) in [5.41, 5.74) is 0.